The number of aromatic amines is 1. The number of hydrogen-bond acceptors (Lipinski definition) is 4. The molecule has 0 aliphatic carbocycles. The Kier molecular flexibility index (Phi) is 3.20. The number of nitrogens with one attached hydrogen (secondary N) is 2. The average Bonchev–Trinajstić information content (AvgIpc) is 3.06. The van der Waals surface area contributed by atoms with Gasteiger partial charge in [-0.3, -0.25) is 9.78 Å². The molecule has 0 amide bonds. The number of anilines is 1. The second-order valence-corrected chi connectivity index (χ2v) is 4.72. The van der Waals surface area contributed by atoms with Crippen molar-refractivity contribution in [1.82, 2.24) is 25.0 Å². The Hall–Kier alpha value is -2.63. The number of aryl methyl sites for hydroxylation is 2. The molecule has 0 saturated heterocycles. The van der Waals surface area contributed by atoms with Gasteiger partial charge < -0.3 is 5.32 Å². The van der Waals surface area contributed by atoms with Crippen LogP contribution in [0.15, 0.2) is 36.9 Å². The number of H-pyrrole nitrogens is 1. The zero-order valence-corrected chi connectivity index (χ0v) is 11.5. The van der Waals surface area contributed by atoms with Gasteiger partial charge in [0.25, 0.3) is 0 Å². The van der Waals surface area contributed by atoms with Gasteiger partial charge in [-0.2, -0.15) is 10.2 Å². The molecule has 0 spiro atoms. The third-order valence-corrected chi connectivity index (χ3v) is 3.18. The van der Waals surface area contributed by atoms with E-state index in [-0.39, 0.29) is 0 Å². The molecule has 0 fully saturated rings. The molecule has 0 unspecified atom stereocenters. The number of pyridine rings is 1. The van der Waals surface area contributed by atoms with Gasteiger partial charge in [-0.05, 0) is 30.2 Å². The average molecular weight is 268 g/mol. The first-order valence-corrected chi connectivity index (χ1v) is 6.40. The van der Waals surface area contributed by atoms with E-state index in [2.05, 4.69) is 25.6 Å². The summed E-state index contributed by atoms with van der Waals surface area (Å²) in [5.41, 5.74) is 4.38. The van der Waals surface area contributed by atoms with Crippen molar-refractivity contribution in [3.8, 4) is 11.1 Å². The van der Waals surface area contributed by atoms with E-state index in [9.17, 15) is 0 Å². The van der Waals surface area contributed by atoms with E-state index in [1.165, 1.54) is 0 Å². The molecule has 0 aliphatic rings. The summed E-state index contributed by atoms with van der Waals surface area (Å²) in [5.74, 6) is 0.834. The lowest BCUT2D eigenvalue weighted by Crippen LogP contribution is -2.02. The normalized spacial score (nSPS) is 10.7. The van der Waals surface area contributed by atoms with Crippen LogP contribution in [-0.2, 0) is 13.6 Å². The maximum Gasteiger partial charge on any atom is 0.126 e. The molecule has 20 heavy (non-hydrogen) atoms. The van der Waals surface area contributed by atoms with E-state index in [1.807, 2.05) is 44.7 Å². The van der Waals surface area contributed by atoms with E-state index in [1.54, 1.807) is 10.9 Å². The summed E-state index contributed by atoms with van der Waals surface area (Å²) in [6.07, 6.45) is 7.44. The zero-order valence-electron chi connectivity index (χ0n) is 11.5. The van der Waals surface area contributed by atoms with E-state index in [4.69, 9.17) is 0 Å². The van der Waals surface area contributed by atoms with Crippen LogP contribution in [0.5, 0.6) is 0 Å². The molecule has 3 aromatic rings. The van der Waals surface area contributed by atoms with Gasteiger partial charge in [0.1, 0.15) is 5.82 Å². The lowest BCUT2D eigenvalue weighted by Gasteiger charge is -2.06. The van der Waals surface area contributed by atoms with Crippen molar-refractivity contribution in [2.75, 3.05) is 5.32 Å². The highest BCUT2D eigenvalue weighted by molar-refractivity contribution is 5.64. The molecule has 3 rings (SSSR count). The largest absolute Gasteiger partial charge is 0.364 e. The van der Waals surface area contributed by atoms with Crippen LogP contribution in [0.1, 0.15) is 11.3 Å². The molecule has 0 radical (unpaired) electrons. The van der Waals surface area contributed by atoms with Crippen LogP contribution in [0.3, 0.4) is 0 Å². The summed E-state index contributed by atoms with van der Waals surface area (Å²) in [5, 5.41) is 14.5. The van der Waals surface area contributed by atoms with Crippen LogP contribution in [0.4, 0.5) is 5.82 Å². The summed E-state index contributed by atoms with van der Waals surface area (Å²) in [4.78, 5) is 4.33. The van der Waals surface area contributed by atoms with Gasteiger partial charge in [0.05, 0.1) is 24.6 Å². The van der Waals surface area contributed by atoms with Crippen LogP contribution >= 0.6 is 0 Å². The molecule has 3 aromatic heterocycles. The fourth-order valence-electron chi connectivity index (χ4n) is 2.01. The van der Waals surface area contributed by atoms with Crippen LogP contribution in [0.2, 0.25) is 0 Å². The van der Waals surface area contributed by atoms with Crippen LogP contribution in [0, 0.1) is 6.92 Å². The SMILES string of the molecule is Cc1cn[nH]c1CNc1cc(-c2cnn(C)c2)ccn1. The fourth-order valence-corrected chi connectivity index (χ4v) is 2.01. The highest BCUT2D eigenvalue weighted by Crippen LogP contribution is 2.20. The molecule has 2 N–H and O–H groups in total. The Labute approximate surface area is 116 Å². The molecular formula is C14H16N6. The Morgan fingerprint density at radius 3 is 2.90 bits per heavy atom. The number of nitrogens with zero attached hydrogens (tertiary/aromatic N) is 4. The second-order valence-electron chi connectivity index (χ2n) is 4.72. The highest BCUT2D eigenvalue weighted by atomic mass is 15.2. The van der Waals surface area contributed by atoms with Crippen molar-refractivity contribution in [2.45, 2.75) is 13.5 Å². The van der Waals surface area contributed by atoms with Crippen molar-refractivity contribution in [3.05, 3.63) is 48.2 Å². The number of hydrogen-bond donors (Lipinski definition) is 2. The maximum absolute atomic E-state index is 4.33. The molecule has 102 valence electrons. The smallest absolute Gasteiger partial charge is 0.126 e. The van der Waals surface area contributed by atoms with Gasteiger partial charge in [-0.15, -0.1) is 0 Å². The minimum absolute atomic E-state index is 0.676. The van der Waals surface area contributed by atoms with Crippen LogP contribution < -0.4 is 5.32 Å². The van der Waals surface area contributed by atoms with Crippen LogP contribution in [0.25, 0.3) is 11.1 Å². The van der Waals surface area contributed by atoms with E-state index < -0.39 is 0 Å². The lowest BCUT2D eigenvalue weighted by atomic mass is 10.1. The van der Waals surface area contributed by atoms with E-state index >= 15 is 0 Å². The summed E-state index contributed by atoms with van der Waals surface area (Å²) in [6, 6.07) is 3.99. The summed E-state index contributed by atoms with van der Waals surface area (Å²) < 4.78 is 1.79. The standard InChI is InChI=1S/C14H16N6/c1-10-6-17-19-13(10)8-16-14-5-11(3-4-15-14)12-7-18-20(2)9-12/h3-7,9H,8H2,1-2H3,(H,15,16)(H,17,19). The molecule has 0 aromatic carbocycles. The molecular weight excluding hydrogens is 252 g/mol. The second kappa shape index (κ2) is 5.16. The van der Waals surface area contributed by atoms with Crippen molar-refractivity contribution >= 4 is 5.82 Å². The summed E-state index contributed by atoms with van der Waals surface area (Å²) in [6.45, 7) is 2.70. The van der Waals surface area contributed by atoms with Gasteiger partial charge in [0.2, 0.25) is 0 Å². The quantitative estimate of drug-likeness (QED) is 0.760. The van der Waals surface area contributed by atoms with Crippen LogP contribution in [-0.4, -0.2) is 25.0 Å². The van der Waals surface area contributed by atoms with Gasteiger partial charge in [-0.1, -0.05) is 0 Å². The number of rotatable bonds is 4. The predicted octanol–water partition coefficient (Wildman–Crippen LogP) is 2.13. The van der Waals surface area contributed by atoms with Crippen molar-refractivity contribution in [1.29, 1.82) is 0 Å². The molecule has 0 atom stereocenters. The minimum Gasteiger partial charge on any atom is -0.364 e. The third kappa shape index (κ3) is 2.54. The molecule has 6 heteroatoms. The number of aromatic nitrogens is 5. The summed E-state index contributed by atoms with van der Waals surface area (Å²) in [7, 11) is 1.91. The van der Waals surface area contributed by atoms with Gasteiger partial charge in [-0.25, -0.2) is 4.98 Å². The van der Waals surface area contributed by atoms with Gasteiger partial charge in [0, 0.05) is 25.0 Å². The molecule has 6 nitrogen and oxygen atoms in total. The topological polar surface area (TPSA) is 71.4 Å². The predicted molar refractivity (Wildman–Crippen MR) is 77.1 cm³/mol. The molecule has 0 aliphatic heterocycles. The van der Waals surface area contributed by atoms with Gasteiger partial charge >= 0.3 is 0 Å². The third-order valence-electron chi connectivity index (χ3n) is 3.18. The lowest BCUT2D eigenvalue weighted by molar-refractivity contribution is 0.768. The Morgan fingerprint density at radius 2 is 2.20 bits per heavy atom. The Bertz CT molecular complexity index is 712. The first-order chi connectivity index (χ1) is 9.72. The minimum atomic E-state index is 0.676. The summed E-state index contributed by atoms with van der Waals surface area (Å²) >= 11 is 0. The van der Waals surface area contributed by atoms with Crippen molar-refractivity contribution in [2.24, 2.45) is 7.05 Å². The monoisotopic (exact) mass is 268 g/mol. The van der Waals surface area contributed by atoms with E-state index in [0.29, 0.717) is 6.54 Å². The molecule has 0 bridgehead atoms. The first-order valence-electron chi connectivity index (χ1n) is 6.40. The van der Waals surface area contributed by atoms with Crippen molar-refractivity contribution < 1.29 is 0 Å². The Balaban J connectivity index is 1.76. The maximum atomic E-state index is 4.33. The molecule has 3 heterocycles. The molecule has 0 saturated carbocycles. The first kappa shape index (κ1) is 12.4. The van der Waals surface area contributed by atoms with Gasteiger partial charge in [0.15, 0.2) is 0 Å². The Morgan fingerprint density at radius 1 is 1.30 bits per heavy atom. The zero-order chi connectivity index (χ0) is 13.9. The fraction of sp³-hybridized carbons (Fsp3) is 0.214. The highest BCUT2D eigenvalue weighted by Gasteiger charge is 2.04. The van der Waals surface area contributed by atoms with Crippen molar-refractivity contribution in [3.63, 3.8) is 0 Å². The van der Waals surface area contributed by atoms with E-state index in [0.717, 1.165) is 28.2 Å².